The van der Waals surface area contributed by atoms with Crippen LogP contribution in [0.2, 0.25) is 0 Å². The van der Waals surface area contributed by atoms with Crippen molar-refractivity contribution >= 4 is 27.1 Å². The van der Waals surface area contributed by atoms with Gasteiger partial charge in [0.05, 0.1) is 42.4 Å². The zero-order valence-corrected chi connectivity index (χ0v) is 19.2. The van der Waals surface area contributed by atoms with Crippen molar-refractivity contribution in [2.45, 2.75) is 41.5 Å². The third-order valence-electron chi connectivity index (χ3n) is 2.38. The fourth-order valence-electron chi connectivity index (χ4n) is 1.60. The number of hydrogen-bond acceptors (Lipinski definition) is 10. The summed E-state index contributed by atoms with van der Waals surface area (Å²) in [5.41, 5.74) is 0. The fourth-order valence-corrected chi connectivity index (χ4v) is 4.23. The quantitative estimate of drug-likeness (QED) is 0.286. The van der Waals surface area contributed by atoms with Crippen LogP contribution in [-0.2, 0) is 46.3 Å². The minimum absolute atomic E-state index is 0.00338. The molecule has 12 heteroatoms. The minimum Gasteiger partial charge on any atom is -0.466 e. The third-order valence-corrected chi connectivity index (χ3v) is 5.98. The summed E-state index contributed by atoms with van der Waals surface area (Å²) in [6.07, 6.45) is -3.10. The molecule has 28 heavy (non-hydrogen) atoms. The highest BCUT2D eigenvalue weighted by Gasteiger charge is 2.29. The Bertz CT molecular complexity index is 581. The van der Waals surface area contributed by atoms with Crippen LogP contribution in [0, 0.1) is 0 Å². The van der Waals surface area contributed by atoms with Crippen molar-refractivity contribution in [1.82, 2.24) is 0 Å². The normalized spacial score (nSPS) is 12.9. The van der Waals surface area contributed by atoms with Crippen molar-refractivity contribution in [1.29, 1.82) is 0 Å². The Labute approximate surface area is 170 Å². The number of carbonyl (C=O) groups is 2. The Balaban J connectivity index is 0. The molecule has 0 saturated carbocycles. The molecular weight excluding hydrogens is 414 g/mol. The molecule has 0 saturated heterocycles. The third kappa shape index (κ3) is 15.2. The van der Waals surface area contributed by atoms with Crippen LogP contribution in [0.3, 0.4) is 0 Å². The van der Waals surface area contributed by atoms with Gasteiger partial charge < -0.3 is 27.6 Å². The van der Waals surface area contributed by atoms with Gasteiger partial charge in [0.2, 0.25) is 0 Å². The molecule has 0 aromatic rings. The first-order valence-electron chi connectivity index (χ1n) is 10.0. The second kappa shape index (κ2) is 17.1. The molecule has 0 radical (unpaired) electrons. The topological polar surface area (TPSA) is 124 Å². The summed E-state index contributed by atoms with van der Waals surface area (Å²) >= 11 is 0. The molecule has 0 aromatic heterocycles. The largest absolute Gasteiger partial charge is 0.466 e. The van der Waals surface area contributed by atoms with E-state index in [1.54, 1.807) is 20.8 Å². The van der Waals surface area contributed by atoms with Crippen LogP contribution >= 0.6 is 15.2 Å². The van der Waals surface area contributed by atoms with Crippen molar-refractivity contribution in [3.8, 4) is 0 Å². The molecule has 0 aliphatic rings. The summed E-state index contributed by atoms with van der Waals surface area (Å²) in [6.45, 7) is 10.4. The van der Waals surface area contributed by atoms with Gasteiger partial charge in [-0.1, -0.05) is 0 Å². The number of ether oxygens (including phenoxy) is 2. The molecule has 0 N–H and O–H groups in total. The van der Waals surface area contributed by atoms with Crippen LogP contribution < -0.4 is 0 Å². The standard InChI is InChI=1S/2C8H17O5P/c2*1-4-11-8(9)7-14(10,12-5-2)13-6-3/h2*4-7H2,1-3H3/i7D2;. The molecule has 10 nitrogen and oxygen atoms in total. The van der Waals surface area contributed by atoms with E-state index in [1.807, 2.05) is 0 Å². The average Bonchev–Trinajstić information content (AvgIpc) is 2.63. The van der Waals surface area contributed by atoms with Crippen LogP contribution in [0.1, 0.15) is 44.3 Å². The fraction of sp³-hybridized carbons (Fsp3) is 0.875. The summed E-state index contributed by atoms with van der Waals surface area (Å²) in [4.78, 5) is 22.4. The van der Waals surface area contributed by atoms with E-state index in [9.17, 15) is 18.7 Å². The van der Waals surface area contributed by atoms with Gasteiger partial charge in [0, 0.05) is 0 Å². The van der Waals surface area contributed by atoms with Crippen molar-refractivity contribution < 1.29 is 49.0 Å². The van der Waals surface area contributed by atoms with Gasteiger partial charge in [-0.2, -0.15) is 0 Å². The van der Waals surface area contributed by atoms with E-state index in [2.05, 4.69) is 9.47 Å². The van der Waals surface area contributed by atoms with Crippen LogP contribution in [0.25, 0.3) is 0 Å². The SMILES string of the molecule is CCOC(=O)CP(=O)(OCC)OCC.[2H]C([2H])(C(=O)OCC)P(=O)(OCC)OCC. The van der Waals surface area contributed by atoms with Gasteiger partial charge in [-0.25, -0.2) is 0 Å². The zero-order chi connectivity index (χ0) is 23.8. The second-order valence-corrected chi connectivity index (χ2v) is 8.36. The molecule has 0 aliphatic heterocycles. The maximum atomic E-state index is 12.0. The monoisotopic (exact) mass is 450 g/mol. The molecule has 0 heterocycles. The smallest absolute Gasteiger partial charge is 0.341 e. The number of hydrogen-bond donors (Lipinski definition) is 0. The van der Waals surface area contributed by atoms with Gasteiger partial charge in [-0.3, -0.25) is 18.7 Å². The summed E-state index contributed by atoms with van der Waals surface area (Å²) in [5.74, 6) is -1.79. The number of rotatable bonds is 14. The van der Waals surface area contributed by atoms with Gasteiger partial charge in [0.25, 0.3) is 0 Å². The molecule has 0 aromatic carbocycles. The summed E-state index contributed by atoms with van der Waals surface area (Å²) in [6, 6.07) is 0. The minimum atomic E-state index is -4.15. The Kier molecular flexibility index (Phi) is 15.5. The molecule has 0 unspecified atom stereocenters. The van der Waals surface area contributed by atoms with E-state index < -0.39 is 33.2 Å². The van der Waals surface area contributed by atoms with Gasteiger partial charge in [0.1, 0.15) is 12.3 Å². The lowest BCUT2D eigenvalue weighted by atomic mass is 10.8. The predicted octanol–water partition coefficient (Wildman–Crippen LogP) is 3.63. The highest BCUT2D eigenvalue weighted by atomic mass is 31.2. The lowest BCUT2D eigenvalue weighted by Crippen LogP contribution is -2.12. The average molecular weight is 450 g/mol. The highest BCUT2D eigenvalue weighted by molar-refractivity contribution is 7.55. The second-order valence-electron chi connectivity index (χ2n) is 4.57. The van der Waals surface area contributed by atoms with Crippen molar-refractivity contribution in [2.24, 2.45) is 0 Å². The van der Waals surface area contributed by atoms with Crippen molar-refractivity contribution in [3.63, 3.8) is 0 Å². The van der Waals surface area contributed by atoms with Crippen molar-refractivity contribution in [3.05, 3.63) is 0 Å². The van der Waals surface area contributed by atoms with E-state index in [0.29, 0.717) is 0 Å². The first kappa shape index (κ1) is 25.3. The van der Waals surface area contributed by atoms with E-state index in [4.69, 9.17) is 20.8 Å². The number of carbonyl (C=O) groups excluding carboxylic acids is 2. The summed E-state index contributed by atoms with van der Waals surface area (Å²) in [5, 5.41) is 0. The molecule has 0 rings (SSSR count). The molecule has 168 valence electrons. The lowest BCUT2D eigenvalue weighted by molar-refractivity contribution is -0.141. The molecule has 0 aliphatic carbocycles. The van der Waals surface area contributed by atoms with E-state index in [0.717, 1.165) is 0 Å². The van der Waals surface area contributed by atoms with Gasteiger partial charge in [0.15, 0.2) is 0 Å². The summed E-state index contributed by atoms with van der Waals surface area (Å²) in [7, 11) is -7.43. The molecule has 0 atom stereocenters. The molecule has 0 bridgehead atoms. The maximum Gasteiger partial charge on any atom is 0.341 e. The van der Waals surface area contributed by atoms with Gasteiger partial charge in [-0.15, -0.1) is 0 Å². The van der Waals surface area contributed by atoms with Crippen LogP contribution in [0.15, 0.2) is 0 Å². The van der Waals surface area contributed by atoms with E-state index >= 15 is 0 Å². The Morgan fingerprint density at radius 1 is 0.643 bits per heavy atom. The lowest BCUT2D eigenvalue weighted by Gasteiger charge is -2.15. The van der Waals surface area contributed by atoms with E-state index in [-0.39, 0.29) is 45.8 Å². The highest BCUT2D eigenvalue weighted by Crippen LogP contribution is 2.48. The van der Waals surface area contributed by atoms with Gasteiger partial charge in [-0.05, 0) is 41.5 Å². The Morgan fingerprint density at radius 3 is 1.36 bits per heavy atom. The molecular formula is C16H34O10P2. The molecule has 0 fully saturated rings. The molecule has 0 amide bonds. The van der Waals surface area contributed by atoms with Gasteiger partial charge >= 0.3 is 27.1 Å². The first-order chi connectivity index (χ1) is 13.9. The van der Waals surface area contributed by atoms with Crippen molar-refractivity contribution in [2.75, 3.05) is 51.9 Å². The van der Waals surface area contributed by atoms with E-state index in [1.165, 1.54) is 20.8 Å². The Morgan fingerprint density at radius 2 is 1.00 bits per heavy atom. The van der Waals surface area contributed by atoms with Crippen LogP contribution in [0.4, 0.5) is 0 Å². The first-order valence-corrected chi connectivity index (χ1v) is 12.3. The van der Waals surface area contributed by atoms with Crippen LogP contribution in [-0.4, -0.2) is 63.9 Å². The molecule has 0 spiro atoms. The predicted molar refractivity (Wildman–Crippen MR) is 105 cm³/mol. The zero-order valence-electron chi connectivity index (χ0n) is 19.4. The summed E-state index contributed by atoms with van der Waals surface area (Å²) < 4.78 is 67.3. The van der Waals surface area contributed by atoms with Crippen LogP contribution in [0.5, 0.6) is 0 Å². The maximum absolute atomic E-state index is 12.0. The Hall–Kier alpha value is -0.760. The number of esters is 2.